The molecule has 0 saturated heterocycles. The highest BCUT2D eigenvalue weighted by Gasteiger charge is 2.06. The van der Waals surface area contributed by atoms with Crippen LogP contribution in [0.5, 0.6) is 11.5 Å². The van der Waals surface area contributed by atoms with Crippen molar-refractivity contribution >= 4 is 0 Å². The van der Waals surface area contributed by atoms with Crippen molar-refractivity contribution in [1.29, 1.82) is 0 Å². The zero-order chi connectivity index (χ0) is 16.7. The van der Waals surface area contributed by atoms with E-state index in [4.69, 9.17) is 9.47 Å². The Bertz CT molecular complexity index is 628. The minimum atomic E-state index is -0.553. The van der Waals surface area contributed by atoms with Crippen LogP contribution < -0.4 is 14.8 Å². The van der Waals surface area contributed by atoms with E-state index in [9.17, 15) is 5.11 Å². The van der Waals surface area contributed by atoms with Crippen LogP contribution in [0.4, 0.5) is 0 Å². The molecule has 1 unspecified atom stereocenters. The molecule has 124 valence electrons. The summed E-state index contributed by atoms with van der Waals surface area (Å²) in [6, 6.07) is 13.9. The summed E-state index contributed by atoms with van der Waals surface area (Å²) in [6.45, 7) is 5.46. The molecule has 4 heteroatoms. The summed E-state index contributed by atoms with van der Waals surface area (Å²) in [5, 5.41) is 13.2. The van der Waals surface area contributed by atoms with Gasteiger partial charge in [-0.05, 0) is 48.7 Å². The molecular formula is C19H25NO3. The van der Waals surface area contributed by atoms with Crippen LogP contribution in [-0.2, 0) is 6.54 Å². The van der Waals surface area contributed by atoms with Crippen molar-refractivity contribution in [3.8, 4) is 11.5 Å². The Labute approximate surface area is 138 Å². The van der Waals surface area contributed by atoms with Crippen molar-refractivity contribution in [1.82, 2.24) is 5.32 Å². The smallest absolute Gasteiger partial charge is 0.122 e. The van der Waals surface area contributed by atoms with Crippen LogP contribution in [0.25, 0.3) is 0 Å². The molecule has 23 heavy (non-hydrogen) atoms. The number of rotatable bonds is 8. The summed E-state index contributed by atoms with van der Waals surface area (Å²) < 4.78 is 10.9. The zero-order valence-corrected chi connectivity index (χ0v) is 14.0. The highest BCUT2D eigenvalue weighted by molar-refractivity contribution is 5.36. The van der Waals surface area contributed by atoms with E-state index in [1.165, 1.54) is 0 Å². The molecule has 0 aliphatic rings. The fourth-order valence-electron chi connectivity index (χ4n) is 2.31. The molecule has 2 rings (SSSR count). The van der Waals surface area contributed by atoms with Crippen LogP contribution in [0.15, 0.2) is 42.5 Å². The average molecular weight is 315 g/mol. The number of benzene rings is 2. The molecule has 2 aromatic carbocycles. The van der Waals surface area contributed by atoms with Gasteiger partial charge in [0.05, 0.1) is 7.11 Å². The molecule has 4 nitrogen and oxygen atoms in total. The Morgan fingerprint density at radius 2 is 1.96 bits per heavy atom. The summed E-state index contributed by atoms with van der Waals surface area (Å²) in [6.07, 6.45) is -0.553. The first-order chi connectivity index (χ1) is 11.1. The summed E-state index contributed by atoms with van der Waals surface area (Å²) in [7, 11) is 1.67. The van der Waals surface area contributed by atoms with E-state index >= 15 is 0 Å². The molecule has 0 amide bonds. The molecular weight excluding hydrogens is 290 g/mol. The minimum Gasteiger partial charge on any atom is -0.496 e. The summed E-state index contributed by atoms with van der Waals surface area (Å²) in [5.41, 5.74) is 3.38. The first-order valence-electron chi connectivity index (χ1n) is 7.80. The van der Waals surface area contributed by atoms with E-state index in [0.717, 1.165) is 28.2 Å². The third-order valence-electron chi connectivity index (χ3n) is 3.61. The molecule has 0 aromatic heterocycles. The summed E-state index contributed by atoms with van der Waals surface area (Å²) >= 11 is 0. The monoisotopic (exact) mass is 315 g/mol. The fourth-order valence-corrected chi connectivity index (χ4v) is 2.31. The van der Waals surface area contributed by atoms with Crippen LogP contribution in [0.2, 0.25) is 0 Å². The van der Waals surface area contributed by atoms with Crippen molar-refractivity contribution in [2.75, 3.05) is 20.3 Å². The van der Waals surface area contributed by atoms with Crippen molar-refractivity contribution in [3.63, 3.8) is 0 Å². The number of nitrogens with one attached hydrogen (secondary N) is 1. The predicted octanol–water partition coefficient (Wildman–Crippen LogP) is 2.84. The highest BCUT2D eigenvalue weighted by atomic mass is 16.5. The number of ether oxygens (including phenoxy) is 2. The summed E-state index contributed by atoms with van der Waals surface area (Å²) in [5.74, 6) is 1.67. The molecule has 0 spiro atoms. The molecule has 0 aliphatic carbocycles. The first-order valence-corrected chi connectivity index (χ1v) is 7.80. The van der Waals surface area contributed by atoms with Gasteiger partial charge in [-0.1, -0.05) is 24.3 Å². The largest absolute Gasteiger partial charge is 0.496 e. The van der Waals surface area contributed by atoms with Crippen molar-refractivity contribution in [2.24, 2.45) is 0 Å². The Balaban J connectivity index is 1.73. The fraction of sp³-hybridized carbons (Fsp3) is 0.368. The molecule has 0 heterocycles. The topological polar surface area (TPSA) is 50.7 Å². The van der Waals surface area contributed by atoms with Gasteiger partial charge >= 0.3 is 0 Å². The molecule has 0 aliphatic heterocycles. The lowest BCUT2D eigenvalue weighted by Crippen LogP contribution is -2.31. The van der Waals surface area contributed by atoms with Crippen molar-refractivity contribution in [3.05, 3.63) is 59.2 Å². The molecule has 2 N–H and O–H groups in total. The van der Waals surface area contributed by atoms with E-state index in [2.05, 4.69) is 11.4 Å². The molecule has 1 atom stereocenters. The first kappa shape index (κ1) is 17.3. The van der Waals surface area contributed by atoms with Crippen molar-refractivity contribution < 1.29 is 14.6 Å². The number of hydrogen-bond acceptors (Lipinski definition) is 4. The second kappa shape index (κ2) is 8.56. The molecule has 2 aromatic rings. The maximum Gasteiger partial charge on any atom is 0.122 e. The van der Waals surface area contributed by atoms with Crippen LogP contribution >= 0.6 is 0 Å². The highest BCUT2D eigenvalue weighted by Crippen LogP contribution is 2.18. The second-order valence-corrected chi connectivity index (χ2v) is 5.72. The number of aliphatic hydroxyl groups is 1. The lowest BCUT2D eigenvalue weighted by atomic mass is 10.1. The van der Waals surface area contributed by atoms with E-state index in [1.807, 2.05) is 50.2 Å². The maximum absolute atomic E-state index is 9.99. The van der Waals surface area contributed by atoms with Crippen LogP contribution in [0, 0.1) is 13.8 Å². The lowest BCUT2D eigenvalue weighted by molar-refractivity contribution is 0.106. The third kappa shape index (κ3) is 5.58. The Hall–Kier alpha value is -2.04. The molecule has 0 fully saturated rings. The van der Waals surface area contributed by atoms with Gasteiger partial charge in [0.15, 0.2) is 0 Å². The van der Waals surface area contributed by atoms with Gasteiger partial charge in [0, 0.05) is 13.1 Å². The van der Waals surface area contributed by atoms with Crippen molar-refractivity contribution in [2.45, 2.75) is 26.5 Å². The Morgan fingerprint density at radius 3 is 2.70 bits per heavy atom. The second-order valence-electron chi connectivity index (χ2n) is 5.72. The van der Waals surface area contributed by atoms with Gasteiger partial charge in [0.25, 0.3) is 0 Å². The van der Waals surface area contributed by atoms with Gasteiger partial charge in [-0.3, -0.25) is 0 Å². The van der Waals surface area contributed by atoms with Gasteiger partial charge in [-0.15, -0.1) is 0 Å². The predicted molar refractivity (Wildman–Crippen MR) is 92.1 cm³/mol. The van der Waals surface area contributed by atoms with E-state index in [1.54, 1.807) is 7.11 Å². The van der Waals surface area contributed by atoms with Crippen LogP contribution in [-0.4, -0.2) is 31.5 Å². The van der Waals surface area contributed by atoms with Gasteiger partial charge in [0.2, 0.25) is 0 Å². The van der Waals surface area contributed by atoms with E-state index in [0.29, 0.717) is 13.1 Å². The normalized spacial score (nSPS) is 12.0. The van der Waals surface area contributed by atoms with E-state index < -0.39 is 6.10 Å². The SMILES string of the molecule is COc1cc(CNCC(O)COc2cccc(C)c2)ccc1C. The summed E-state index contributed by atoms with van der Waals surface area (Å²) in [4.78, 5) is 0. The van der Waals surface area contributed by atoms with Crippen LogP contribution in [0.3, 0.4) is 0 Å². The maximum atomic E-state index is 9.99. The Morgan fingerprint density at radius 1 is 1.13 bits per heavy atom. The number of aliphatic hydroxyl groups excluding tert-OH is 1. The number of hydrogen-bond donors (Lipinski definition) is 2. The average Bonchev–Trinajstić information content (AvgIpc) is 2.54. The Kier molecular flexibility index (Phi) is 6.44. The number of methoxy groups -OCH3 is 1. The zero-order valence-electron chi connectivity index (χ0n) is 14.0. The van der Waals surface area contributed by atoms with Gasteiger partial charge in [0.1, 0.15) is 24.2 Å². The third-order valence-corrected chi connectivity index (χ3v) is 3.61. The molecule has 0 saturated carbocycles. The van der Waals surface area contributed by atoms with Crippen LogP contribution in [0.1, 0.15) is 16.7 Å². The van der Waals surface area contributed by atoms with Gasteiger partial charge in [-0.25, -0.2) is 0 Å². The standard InChI is InChI=1S/C19H25NO3/c1-14-5-4-6-18(9-14)23-13-17(21)12-20-11-16-8-7-15(2)19(10-16)22-3/h4-10,17,20-21H,11-13H2,1-3H3. The quantitative estimate of drug-likeness (QED) is 0.786. The van der Waals surface area contributed by atoms with E-state index in [-0.39, 0.29) is 6.61 Å². The molecule has 0 bridgehead atoms. The minimum absolute atomic E-state index is 0.272. The molecule has 0 radical (unpaired) electrons. The van der Waals surface area contributed by atoms with Gasteiger partial charge < -0.3 is 19.9 Å². The van der Waals surface area contributed by atoms with Gasteiger partial charge in [-0.2, -0.15) is 0 Å². The number of aryl methyl sites for hydroxylation is 2. The lowest BCUT2D eigenvalue weighted by Gasteiger charge is -2.14.